The van der Waals surface area contributed by atoms with Gasteiger partial charge in [-0.3, -0.25) is 4.79 Å². The first-order valence-electron chi connectivity index (χ1n) is 7.60. The molecule has 1 N–H and O–H groups in total. The van der Waals surface area contributed by atoms with Crippen LogP contribution in [0.25, 0.3) is 0 Å². The minimum Gasteiger partial charge on any atom is -0.479 e. The van der Waals surface area contributed by atoms with Gasteiger partial charge in [0.05, 0.1) is 0 Å². The van der Waals surface area contributed by atoms with E-state index in [2.05, 4.69) is 6.92 Å². The van der Waals surface area contributed by atoms with Crippen molar-refractivity contribution in [3.05, 3.63) is 35.4 Å². The van der Waals surface area contributed by atoms with Crippen LogP contribution >= 0.6 is 0 Å². The molecule has 1 aliphatic rings. The average Bonchev–Trinajstić information content (AvgIpc) is 3.28. The van der Waals surface area contributed by atoms with Gasteiger partial charge < -0.3 is 10.0 Å². The summed E-state index contributed by atoms with van der Waals surface area (Å²) < 4.78 is 0. The van der Waals surface area contributed by atoms with Crippen LogP contribution in [0.4, 0.5) is 0 Å². The SMILES string of the molecule is CCc1ccc(C(CC)(C(=O)O)N(C(C)=O)C2CC2)cc1. The second-order valence-corrected chi connectivity index (χ2v) is 5.69. The Morgan fingerprint density at radius 1 is 1.24 bits per heavy atom. The van der Waals surface area contributed by atoms with E-state index in [1.807, 2.05) is 31.2 Å². The van der Waals surface area contributed by atoms with Gasteiger partial charge in [0.2, 0.25) is 5.91 Å². The highest BCUT2D eigenvalue weighted by Crippen LogP contribution is 2.41. The van der Waals surface area contributed by atoms with Crippen molar-refractivity contribution in [3.8, 4) is 0 Å². The third-order valence-corrected chi connectivity index (χ3v) is 4.37. The van der Waals surface area contributed by atoms with E-state index in [0.29, 0.717) is 12.0 Å². The number of rotatable bonds is 6. The molecule has 114 valence electrons. The molecule has 1 aromatic rings. The monoisotopic (exact) mass is 289 g/mol. The summed E-state index contributed by atoms with van der Waals surface area (Å²) >= 11 is 0. The molecule has 0 radical (unpaired) electrons. The summed E-state index contributed by atoms with van der Waals surface area (Å²) in [5.41, 5.74) is 0.603. The van der Waals surface area contributed by atoms with Crippen LogP contribution in [-0.4, -0.2) is 27.9 Å². The highest BCUT2D eigenvalue weighted by molar-refractivity contribution is 5.87. The zero-order chi connectivity index (χ0) is 15.6. The molecule has 0 aliphatic heterocycles. The van der Waals surface area contributed by atoms with Crippen LogP contribution in [0.3, 0.4) is 0 Å². The number of hydrogen-bond acceptors (Lipinski definition) is 2. The summed E-state index contributed by atoms with van der Waals surface area (Å²) in [6.45, 7) is 5.36. The predicted octanol–water partition coefficient (Wildman–Crippen LogP) is 2.95. The van der Waals surface area contributed by atoms with Crippen LogP contribution in [0.5, 0.6) is 0 Å². The van der Waals surface area contributed by atoms with E-state index in [4.69, 9.17) is 0 Å². The molecular formula is C17H23NO3. The largest absolute Gasteiger partial charge is 0.479 e. The Hall–Kier alpha value is -1.84. The summed E-state index contributed by atoms with van der Waals surface area (Å²) in [7, 11) is 0. The Balaban J connectivity index is 2.53. The second-order valence-electron chi connectivity index (χ2n) is 5.69. The van der Waals surface area contributed by atoms with E-state index in [-0.39, 0.29) is 11.9 Å². The fourth-order valence-electron chi connectivity index (χ4n) is 3.08. The molecule has 4 heteroatoms. The lowest BCUT2D eigenvalue weighted by molar-refractivity contribution is -0.161. The van der Waals surface area contributed by atoms with Crippen LogP contribution in [-0.2, 0) is 21.5 Å². The molecule has 21 heavy (non-hydrogen) atoms. The number of carboxylic acid groups (broad SMARTS) is 1. The van der Waals surface area contributed by atoms with Crippen molar-refractivity contribution in [1.29, 1.82) is 0 Å². The lowest BCUT2D eigenvalue weighted by Crippen LogP contribution is -2.54. The van der Waals surface area contributed by atoms with Gasteiger partial charge in [0.25, 0.3) is 0 Å². The van der Waals surface area contributed by atoms with Crippen molar-refractivity contribution in [2.24, 2.45) is 0 Å². The first kappa shape index (κ1) is 15.5. The summed E-state index contributed by atoms with van der Waals surface area (Å²) in [5.74, 6) is -1.11. The number of benzene rings is 1. The van der Waals surface area contributed by atoms with Gasteiger partial charge in [-0.25, -0.2) is 4.79 Å². The highest BCUT2D eigenvalue weighted by atomic mass is 16.4. The van der Waals surface area contributed by atoms with Crippen LogP contribution in [0, 0.1) is 0 Å². The molecule has 1 unspecified atom stereocenters. The molecule has 1 atom stereocenters. The number of amides is 1. The topological polar surface area (TPSA) is 57.6 Å². The van der Waals surface area contributed by atoms with Gasteiger partial charge in [-0.15, -0.1) is 0 Å². The Labute approximate surface area is 125 Å². The van der Waals surface area contributed by atoms with Crippen LogP contribution < -0.4 is 0 Å². The summed E-state index contributed by atoms with van der Waals surface area (Å²) in [5, 5.41) is 9.91. The Bertz CT molecular complexity index is 533. The first-order chi connectivity index (χ1) is 9.97. The lowest BCUT2D eigenvalue weighted by atomic mass is 9.84. The molecule has 0 heterocycles. The number of carbonyl (C=O) groups is 2. The van der Waals surface area contributed by atoms with E-state index in [1.54, 1.807) is 4.90 Å². The molecule has 1 fully saturated rings. The summed E-state index contributed by atoms with van der Waals surface area (Å²) in [6, 6.07) is 7.68. The quantitative estimate of drug-likeness (QED) is 0.876. The molecule has 1 aliphatic carbocycles. The number of hydrogen-bond donors (Lipinski definition) is 1. The number of aliphatic carboxylic acids is 1. The highest BCUT2D eigenvalue weighted by Gasteiger charge is 2.51. The van der Waals surface area contributed by atoms with Crippen molar-refractivity contribution >= 4 is 11.9 Å². The van der Waals surface area contributed by atoms with Crippen molar-refractivity contribution < 1.29 is 14.7 Å². The normalized spacial score (nSPS) is 17.1. The summed E-state index contributed by atoms with van der Waals surface area (Å²) in [4.78, 5) is 25.8. The minimum atomic E-state index is -1.25. The van der Waals surface area contributed by atoms with Crippen LogP contribution in [0.15, 0.2) is 24.3 Å². The molecule has 2 rings (SSSR count). The molecule has 4 nitrogen and oxygen atoms in total. The minimum absolute atomic E-state index is 0.0596. The molecular weight excluding hydrogens is 266 g/mol. The van der Waals surface area contributed by atoms with Gasteiger partial charge in [-0.2, -0.15) is 0 Å². The fourth-order valence-corrected chi connectivity index (χ4v) is 3.08. The third-order valence-electron chi connectivity index (χ3n) is 4.37. The van der Waals surface area contributed by atoms with Crippen LogP contribution in [0.2, 0.25) is 0 Å². The number of carboxylic acids is 1. The van der Waals surface area contributed by atoms with Gasteiger partial charge in [0.1, 0.15) is 0 Å². The van der Waals surface area contributed by atoms with Gasteiger partial charge in [-0.05, 0) is 36.8 Å². The van der Waals surface area contributed by atoms with Gasteiger partial charge in [0.15, 0.2) is 5.54 Å². The maximum atomic E-state index is 12.1. The van der Waals surface area contributed by atoms with E-state index in [1.165, 1.54) is 6.92 Å². The Morgan fingerprint density at radius 3 is 2.14 bits per heavy atom. The zero-order valence-electron chi connectivity index (χ0n) is 12.9. The van der Waals surface area contributed by atoms with Crippen LogP contribution in [0.1, 0.15) is 51.2 Å². The molecule has 0 spiro atoms. The standard InChI is InChI=1S/C17H23NO3/c1-4-13-6-8-14(9-7-13)17(5-2,16(20)21)18(12(3)19)15-10-11-15/h6-9,15H,4-5,10-11H2,1-3H3,(H,20,21). The number of nitrogens with zero attached hydrogens (tertiary/aromatic N) is 1. The zero-order valence-corrected chi connectivity index (χ0v) is 12.9. The Morgan fingerprint density at radius 2 is 1.81 bits per heavy atom. The maximum Gasteiger partial charge on any atom is 0.334 e. The maximum absolute atomic E-state index is 12.1. The Kier molecular flexibility index (Phi) is 4.35. The molecule has 1 amide bonds. The number of aryl methyl sites for hydroxylation is 1. The molecule has 0 bridgehead atoms. The molecule has 0 aromatic heterocycles. The van der Waals surface area contributed by atoms with E-state index in [9.17, 15) is 14.7 Å². The predicted molar refractivity (Wildman–Crippen MR) is 81.0 cm³/mol. The molecule has 0 saturated heterocycles. The van der Waals surface area contributed by atoms with Crippen molar-refractivity contribution in [2.45, 2.75) is 58.0 Å². The van der Waals surface area contributed by atoms with E-state index in [0.717, 1.165) is 24.8 Å². The van der Waals surface area contributed by atoms with Crippen molar-refractivity contribution in [3.63, 3.8) is 0 Å². The number of carbonyl (C=O) groups excluding carboxylic acids is 1. The third kappa shape index (κ3) is 2.67. The molecule has 1 saturated carbocycles. The average molecular weight is 289 g/mol. The van der Waals surface area contributed by atoms with Gasteiger partial charge >= 0.3 is 5.97 Å². The summed E-state index contributed by atoms with van der Waals surface area (Å²) in [6.07, 6.45) is 3.05. The van der Waals surface area contributed by atoms with Crippen molar-refractivity contribution in [2.75, 3.05) is 0 Å². The van der Waals surface area contributed by atoms with Crippen molar-refractivity contribution in [1.82, 2.24) is 4.90 Å². The lowest BCUT2D eigenvalue weighted by Gasteiger charge is -2.40. The van der Waals surface area contributed by atoms with Gasteiger partial charge in [-0.1, -0.05) is 38.1 Å². The van der Waals surface area contributed by atoms with E-state index < -0.39 is 11.5 Å². The molecule has 1 aromatic carbocycles. The van der Waals surface area contributed by atoms with E-state index >= 15 is 0 Å². The van der Waals surface area contributed by atoms with Gasteiger partial charge in [0, 0.05) is 13.0 Å². The second kappa shape index (κ2) is 5.88. The first-order valence-corrected chi connectivity index (χ1v) is 7.60. The fraction of sp³-hybridized carbons (Fsp3) is 0.529. The smallest absolute Gasteiger partial charge is 0.334 e.